The van der Waals surface area contributed by atoms with Gasteiger partial charge in [0.1, 0.15) is 6.10 Å². The predicted octanol–water partition coefficient (Wildman–Crippen LogP) is 1.90. The molecule has 0 spiro atoms. The van der Waals surface area contributed by atoms with Gasteiger partial charge in [-0.3, -0.25) is 9.59 Å². The van der Waals surface area contributed by atoms with Crippen LogP contribution in [0.5, 0.6) is 0 Å². The summed E-state index contributed by atoms with van der Waals surface area (Å²) in [7, 11) is 0. The van der Waals surface area contributed by atoms with Crippen LogP contribution < -0.4 is 0 Å². The minimum atomic E-state index is -0.863. The van der Waals surface area contributed by atoms with Crippen molar-refractivity contribution in [2.45, 2.75) is 58.6 Å². The molecule has 1 aliphatic carbocycles. The van der Waals surface area contributed by atoms with Gasteiger partial charge >= 0.3 is 5.97 Å². The highest BCUT2D eigenvalue weighted by Gasteiger charge is 2.36. The third-order valence-electron chi connectivity index (χ3n) is 3.38. The largest absolute Gasteiger partial charge is 0.481 e. The van der Waals surface area contributed by atoms with Gasteiger partial charge in [-0.15, -0.1) is 0 Å². The average molecular weight is 271 g/mol. The Balaban J connectivity index is 2.50. The smallest absolute Gasteiger partial charge is 0.308 e. The van der Waals surface area contributed by atoms with Gasteiger partial charge < -0.3 is 14.7 Å². The van der Waals surface area contributed by atoms with E-state index in [-0.39, 0.29) is 18.5 Å². The number of unbranched alkanes of at least 4 members (excludes halogenated alkanes) is 1. The van der Waals surface area contributed by atoms with Crippen molar-refractivity contribution < 1.29 is 19.4 Å². The minimum Gasteiger partial charge on any atom is -0.481 e. The first-order valence-electron chi connectivity index (χ1n) is 7.12. The molecule has 0 radical (unpaired) electrons. The zero-order chi connectivity index (χ0) is 14.4. The van der Waals surface area contributed by atoms with Gasteiger partial charge in [-0.05, 0) is 26.2 Å². The van der Waals surface area contributed by atoms with Crippen molar-refractivity contribution in [2.24, 2.45) is 5.92 Å². The molecule has 2 atom stereocenters. The van der Waals surface area contributed by atoms with E-state index in [2.05, 4.69) is 6.92 Å². The fourth-order valence-corrected chi connectivity index (χ4v) is 1.89. The van der Waals surface area contributed by atoms with Gasteiger partial charge in [-0.2, -0.15) is 0 Å². The van der Waals surface area contributed by atoms with Crippen LogP contribution in [-0.4, -0.2) is 47.2 Å². The molecule has 1 aliphatic rings. The van der Waals surface area contributed by atoms with Gasteiger partial charge in [0.2, 0.25) is 0 Å². The molecule has 0 bridgehead atoms. The molecule has 0 saturated heterocycles. The highest BCUT2D eigenvalue weighted by molar-refractivity contribution is 5.82. The Morgan fingerprint density at radius 3 is 2.47 bits per heavy atom. The van der Waals surface area contributed by atoms with Crippen LogP contribution in [0.25, 0.3) is 0 Å². The summed E-state index contributed by atoms with van der Waals surface area (Å²) in [5.41, 5.74) is 0. The molecule has 0 heterocycles. The van der Waals surface area contributed by atoms with Crippen LogP contribution in [0, 0.1) is 5.92 Å². The quantitative estimate of drug-likeness (QED) is 0.650. The molecule has 110 valence electrons. The second-order valence-corrected chi connectivity index (χ2v) is 5.33. The van der Waals surface area contributed by atoms with Crippen LogP contribution in [0.3, 0.4) is 0 Å². The molecule has 0 aromatic carbocycles. The molecule has 5 nitrogen and oxygen atoms in total. The lowest BCUT2D eigenvalue weighted by Crippen LogP contribution is -2.44. The van der Waals surface area contributed by atoms with Crippen molar-refractivity contribution >= 4 is 11.9 Å². The van der Waals surface area contributed by atoms with Crippen LogP contribution >= 0.6 is 0 Å². The number of carbonyl (C=O) groups excluding carboxylic acids is 1. The molecule has 1 saturated carbocycles. The zero-order valence-electron chi connectivity index (χ0n) is 12.1. The second-order valence-electron chi connectivity index (χ2n) is 5.33. The van der Waals surface area contributed by atoms with Crippen molar-refractivity contribution in [3.63, 3.8) is 0 Å². The number of hydrogen-bond donors (Lipinski definition) is 1. The molecule has 2 unspecified atom stereocenters. The van der Waals surface area contributed by atoms with E-state index in [4.69, 9.17) is 9.84 Å². The van der Waals surface area contributed by atoms with E-state index in [9.17, 15) is 9.59 Å². The van der Waals surface area contributed by atoms with Gasteiger partial charge in [0.15, 0.2) is 0 Å². The van der Waals surface area contributed by atoms with Crippen LogP contribution in [-0.2, 0) is 14.3 Å². The van der Waals surface area contributed by atoms with Crippen molar-refractivity contribution in [1.82, 2.24) is 4.90 Å². The molecular formula is C14H25NO4. The van der Waals surface area contributed by atoms with E-state index in [1.807, 2.05) is 0 Å². The number of amides is 1. The molecule has 0 aromatic heterocycles. The Labute approximate surface area is 114 Å². The summed E-state index contributed by atoms with van der Waals surface area (Å²) in [6.45, 7) is 6.31. The molecular weight excluding hydrogens is 246 g/mol. The Morgan fingerprint density at radius 1 is 1.37 bits per heavy atom. The number of rotatable bonds is 9. The van der Waals surface area contributed by atoms with Crippen LogP contribution in [0.4, 0.5) is 0 Å². The number of ether oxygens (including phenoxy) is 1. The van der Waals surface area contributed by atoms with Gasteiger partial charge in [-0.25, -0.2) is 0 Å². The topological polar surface area (TPSA) is 66.8 Å². The lowest BCUT2D eigenvalue weighted by Gasteiger charge is -2.27. The van der Waals surface area contributed by atoms with E-state index >= 15 is 0 Å². The van der Waals surface area contributed by atoms with E-state index in [1.165, 1.54) is 0 Å². The van der Waals surface area contributed by atoms with Gasteiger partial charge in [0.25, 0.3) is 5.91 Å². The standard InChI is InChI=1S/C14H25NO4/c1-4-5-8-19-11(3)13(16)15(12-6-7-12)9-10(2)14(17)18/h10-12H,4-9H2,1-3H3,(H,17,18). The van der Waals surface area contributed by atoms with Crippen LogP contribution in [0.15, 0.2) is 0 Å². The molecule has 0 aromatic rings. The van der Waals surface area contributed by atoms with Crippen LogP contribution in [0.2, 0.25) is 0 Å². The maximum atomic E-state index is 12.3. The highest BCUT2D eigenvalue weighted by Crippen LogP contribution is 2.28. The number of carboxylic acids is 1. The van der Waals surface area contributed by atoms with Gasteiger partial charge in [0, 0.05) is 19.2 Å². The Morgan fingerprint density at radius 2 is 2.00 bits per heavy atom. The maximum absolute atomic E-state index is 12.3. The molecule has 0 aliphatic heterocycles. The lowest BCUT2D eigenvalue weighted by atomic mass is 10.1. The van der Waals surface area contributed by atoms with Crippen molar-refractivity contribution in [3.8, 4) is 0 Å². The predicted molar refractivity (Wildman–Crippen MR) is 71.9 cm³/mol. The summed E-state index contributed by atoms with van der Waals surface area (Å²) < 4.78 is 5.51. The molecule has 1 rings (SSSR count). The first kappa shape index (κ1) is 16.0. The summed E-state index contributed by atoms with van der Waals surface area (Å²) in [5.74, 6) is -1.47. The lowest BCUT2D eigenvalue weighted by molar-refractivity contribution is -0.147. The monoisotopic (exact) mass is 271 g/mol. The fraction of sp³-hybridized carbons (Fsp3) is 0.857. The van der Waals surface area contributed by atoms with E-state index < -0.39 is 18.0 Å². The number of nitrogens with zero attached hydrogens (tertiary/aromatic N) is 1. The first-order valence-corrected chi connectivity index (χ1v) is 7.12. The average Bonchev–Trinajstić information content (AvgIpc) is 3.19. The maximum Gasteiger partial charge on any atom is 0.308 e. The third-order valence-corrected chi connectivity index (χ3v) is 3.38. The van der Waals surface area contributed by atoms with Crippen molar-refractivity contribution in [2.75, 3.05) is 13.2 Å². The summed E-state index contributed by atoms with van der Waals surface area (Å²) in [6.07, 6.45) is 3.43. The Bertz CT molecular complexity index is 315. The van der Waals surface area contributed by atoms with E-state index in [0.29, 0.717) is 6.61 Å². The van der Waals surface area contributed by atoms with E-state index in [0.717, 1.165) is 25.7 Å². The highest BCUT2D eigenvalue weighted by atomic mass is 16.5. The van der Waals surface area contributed by atoms with Gasteiger partial charge in [0.05, 0.1) is 5.92 Å². The van der Waals surface area contributed by atoms with Gasteiger partial charge in [-0.1, -0.05) is 20.3 Å². The summed E-state index contributed by atoms with van der Waals surface area (Å²) in [5, 5.41) is 8.96. The Hall–Kier alpha value is -1.10. The normalized spacial score (nSPS) is 17.8. The number of aliphatic carboxylic acids is 1. The SMILES string of the molecule is CCCCOC(C)C(=O)N(CC(C)C(=O)O)C1CC1. The van der Waals surface area contributed by atoms with Crippen molar-refractivity contribution in [3.05, 3.63) is 0 Å². The zero-order valence-corrected chi connectivity index (χ0v) is 12.1. The second kappa shape index (κ2) is 7.48. The number of hydrogen-bond acceptors (Lipinski definition) is 3. The summed E-state index contributed by atoms with van der Waals surface area (Å²) >= 11 is 0. The molecule has 1 amide bonds. The Kier molecular flexibility index (Phi) is 6.28. The molecule has 19 heavy (non-hydrogen) atoms. The number of carbonyl (C=O) groups is 2. The summed E-state index contributed by atoms with van der Waals surface area (Å²) in [4.78, 5) is 24.9. The molecule has 1 N–H and O–H groups in total. The van der Waals surface area contributed by atoms with Crippen LogP contribution in [0.1, 0.15) is 46.5 Å². The number of carboxylic acid groups (broad SMARTS) is 1. The molecule has 1 fully saturated rings. The summed E-state index contributed by atoms with van der Waals surface area (Å²) in [6, 6.07) is 0.214. The first-order chi connectivity index (χ1) is 8.97. The third kappa shape index (κ3) is 5.19. The fourth-order valence-electron chi connectivity index (χ4n) is 1.89. The minimum absolute atomic E-state index is 0.0771. The van der Waals surface area contributed by atoms with E-state index in [1.54, 1.807) is 18.7 Å². The molecule has 5 heteroatoms. The van der Waals surface area contributed by atoms with Crippen molar-refractivity contribution in [1.29, 1.82) is 0 Å².